The van der Waals surface area contributed by atoms with Crippen LogP contribution in [0.25, 0.3) is 0 Å². The summed E-state index contributed by atoms with van der Waals surface area (Å²) in [6.45, 7) is 1.79. The second-order valence-corrected chi connectivity index (χ2v) is 6.02. The Hall–Kier alpha value is -1.65. The molecule has 0 aliphatic heterocycles. The Balaban J connectivity index is 3.25. The van der Waals surface area contributed by atoms with Crippen molar-refractivity contribution in [1.29, 1.82) is 0 Å². The minimum absolute atomic E-state index is 0.0159. The van der Waals surface area contributed by atoms with Crippen LogP contribution in [0.5, 0.6) is 0 Å². The van der Waals surface area contributed by atoms with E-state index in [4.69, 9.17) is 5.73 Å². The minimum atomic E-state index is -4.37. The van der Waals surface area contributed by atoms with Crippen LogP contribution in [0.1, 0.15) is 19.8 Å². The number of nitrogens with one attached hydrogen (secondary N) is 1. The van der Waals surface area contributed by atoms with Crippen molar-refractivity contribution in [3.8, 4) is 0 Å². The Bertz CT molecular complexity index is 637. The van der Waals surface area contributed by atoms with Gasteiger partial charge in [-0.3, -0.25) is 10.1 Å². The van der Waals surface area contributed by atoms with Crippen LogP contribution in [-0.4, -0.2) is 25.9 Å². The molecule has 21 heavy (non-hydrogen) atoms. The van der Waals surface area contributed by atoms with Gasteiger partial charge in [-0.2, -0.15) is 4.39 Å². The molecule has 10 heteroatoms. The summed E-state index contributed by atoms with van der Waals surface area (Å²) in [5.41, 5.74) is 4.28. The van der Waals surface area contributed by atoms with Crippen molar-refractivity contribution < 1.29 is 22.1 Å². The molecule has 0 aliphatic carbocycles. The lowest BCUT2D eigenvalue weighted by Gasteiger charge is -2.16. The standard InChI is InChI=1S/C11H15F2N3O4S/c1-2-3-7(6-14)15-21(19,20)11-5-10(16(17)18)8(12)4-9(11)13/h4-5,7,15H,2-3,6,14H2,1H3. The normalized spacial score (nSPS) is 13.1. The van der Waals surface area contributed by atoms with Gasteiger partial charge in [-0.25, -0.2) is 17.5 Å². The first-order valence-electron chi connectivity index (χ1n) is 6.08. The average Bonchev–Trinajstić information content (AvgIpc) is 2.37. The van der Waals surface area contributed by atoms with Gasteiger partial charge in [0.1, 0.15) is 10.7 Å². The van der Waals surface area contributed by atoms with Gasteiger partial charge in [0.25, 0.3) is 0 Å². The Morgan fingerprint density at radius 3 is 2.48 bits per heavy atom. The highest BCUT2D eigenvalue weighted by Crippen LogP contribution is 2.25. The molecule has 1 unspecified atom stereocenters. The molecule has 0 aromatic heterocycles. The smallest absolute Gasteiger partial charge is 0.306 e. The molecule has 0 saturated heterocycles. The lowest BCUT2D eigenvalue weighted by Crippen LogP contribution is -2.40. The van der Waals surface area contributed by atoms with Crippen LogP contribution < -0.4 is 10.5 Å². The highest BCUT2D eigenvalue weighted by atomic mass is 32.2. The first-order chi connectivity index (χ1) is 9.72. The number of halogens is 2. The lowest BCUT2D eigenvalue weighted by molar-refractivity contribution is -0.387. The van der Waals surface area contributed by atoms with E-state index in [9.17, 15) is 27.3 Å². The number of hydrogen-bond donors (Lipinski definition) is 2. The highest BCUT2D eigenvalue weighted by molar-refractivity contribution is 7.89. The summed E-state index contributed by atoms with van der Waals surface area (Å²) in [5, 5.41) is 10.6. The van der Waals surface area contributed by atoms with Crippen molar-refractivity contribution in [2.75, 3.05) is 6.54 Å². The van der Waals surface area contributed by atoms with E-state index in [0.717, 1.165) is 0 Å². The number of nitrogens with two attached hydrogens (primary N) is 1. The third-order valence-corrected chi connectivity index (χ3v) is 4.27. The molecule has 1 atom stereocenters. The van der Waals surface area contributed by atoms with E-state index in [2.05, 4.69) is 4.72 Å². The van der Waals surface area contributed by atoms with Crippen LogP contribution >= 0.6 is 0 Å². The summed E-state index contributed by atoms with van der Waals surface area (Å²) >= 11 is 0. The van der Waals surface area contributed by atoms with E-state index >= 15 is 0 Å². The fourth-order valence-electron chi connectivity index (χ4n) is 1.72. The summed E-state index contributed by atoms with van der Waals surface area (Å²) in [6.07, 6.45) is 1.05. The molecule has 0 fully saturated rings. The van der Waals surface area contributed by atoms with Gasteiger partial charge < -0.3 is 5.73 Å². The lowest BCUT2D eigenvalue weighted by atomic mass is 10.2. The second kappa shape index (κ2) is 6.87. The van der Waals surface area contributed by atoms with Gasteiger partial charge in [0.05, 0.1) is 4.92 Å². The van der Waals surface area contributed by atoms with Crippen LogP contribution in [0.2, 0.25) is 0 Å². The topological polar surface area (TPSA) is 115 Å². The van der Waals surface area contributed by atoms with Crippen molar-refractivity contribution in [3.63, 3.8) is 0 Å². The van der Waals surface area contributed by atoms with Crippen LogP contribution in [0.4, 0.5) is 14.5 Å². The number of hydrogen-bond acceptors (Lipinski definition) is 5. The van der Waals surface area contributed by atoms with Crippen LogP contribution in [0.15, 0.2) is 17.0 Å². The van der Waals surface area contributed by atoms with Gasteiger partial charge in [-0.15, -0.1) is 0 Å². The Kier molecular flexibility index (Phi) is 5.70. The van der Waals surface area contributed by atoms with E-state index in [1.54, 1.807) is 6.92 Å². The molecule has 0 amide bonds. The predicted molar refractivity (Wildman–Crippen MR) is 71.1 cm³/mol. The monoisotopic (exact) mass is 323 g/mol. The van der Waals surface area contributed by atoms with Crippen molar-refractivity contribution >= 4 is 15.7 Å². The summed E-state index contributed by atoms with van der Waals surface area (Å²) in [5.74, 6) is -2.85. The Morgan fingerprint density at radius 1 is 1.38 bits per heavy atom. The van der Waals surface area contributed by atoms with Crippen molar-refractivity contribution in [2.45, 2.75) is 30.7 Å². The maximum atomic E-state index is 13.6. The van der Waals surface area contributed by atoms with E-state index in [-0.39, 0.29) is 12.6 Å². The van der Waals surface area contributed by atoms with Gasteiger partial charge in [-0.1, -0.05) is 13.3 Å². The zero-order chi connectivity index (χ0) is 16.2. The van der Waals surface area contributed by atoms with Gasteiger partial charge >= 0.3 is 5.69 Å². The number of sulfonamides is 1. The van der Waals surface area contributed by atoms with Crippen molar-refractivity contribution in [1.82, 2.24) is 4.72 Å². The molecular formula is C11H15F2N3O4S. The third-order valence-electron chi connectivity index (χ3n) is 2.73. The van der Waals surface area contributed by atoms with E-state index < -0.39 is 43.2 Å². The summed E-state index contributed by atoms with van der Waals surface area (Å²) in [7, 11) is -4.37. The molecule has 0 radical (unpaired) electrons. The molecule has 3 N–H and O–H groups in total. The van der Waals surface area contributed by atoms with Crippen LogP contribution in [0, 0.1) is 21.7 Å². The van der Waals surface area contributed by atoms with Gasteiger partial charge in [-0.05, 0) is 6.42 Å². The van der Waals surface area contributed by atoms with Gasteiger partial charge in [0.2, 0.25) is 15.8 Å². The molecule has 0 bridgehead atoms. The number of benzene rings is 1. The number of nitro benzene ring substituents is 1. The van der Waals surface area contributed by atoms with Crippen LogP contribution in [0.3, 0.4) is 0 Å². The minimum Gasteiger partial charge on any atom is -0.329 e. The molecule has 0 saturated carbocycles. The molecular weight excluding hydrogens is 308 g/mol. The largest absolute Gasteiger partial charge is 0.329 e. The molecule has 118 valence electrons. The highest BCUT2D eigenvalue weighted by Gasteiger charge is 2.27. The zero-order valence-electron chi connectivity index (χ0n) is 11.2. The quantitative estimate of drug-likeness (QED) is 0.579. The summed E-state index contributed by atoms with van der Waals surface area (Å²) in [6, 6.07) is -0.111. The fourth-order valence-corrected chi connectivity index (χ4v) is 3.08. The predicted octanol–water partition coefficient (Wildman–Crippen LogP) is 1.28. The molecule has 1 aromatic rings. The molecule has 0 heterocycles. The number of nitrogens with zero attached hydrogens (tertiary/aromatic N) is 1. The number of nitro groups is 1. The van der Waals surface area contributed by atoms with Gasteiger partial charge in [0, 0.05) is 24.7 Å². The van der Waals surface area contributed by atoms with E-state index in [1.165, 1.54) is 0 Å². The molecule has 0 spiro atoms. The second-order valence-electron chi connectivity index (χ2n) is 4.33. The Morgan fingerprint density at radius 2 is 2.00 bits per heavy atom. The van der Waals surface area contributed by atoms with Crippen molar-refractivity contribution in [2.24, 2.45) is 5.73 Å². The zero-order valence-corrected chi connectivity index (χ0v) is 12.0. The molecule has 0 aliphatic rings. The van der Waals surface area contributed by atoms with E-state index in [1.807, 2.05) is 0 Å². The van der Waals surface area contributed by atoms with Crippen LogP contribution in [-0.2, 0) is 10.0 Å². The molecule has 1 aromatic carbocycles. The number of rotatable bonds is 7. The average molecular weight is 323 g/mol. The Labute approximate surface area is 120 Å². The third kappa shape index (κ3) is 4.16. The maximum absolute atomic E-state index is 13.6. The molecule has 1 rings (SSSR count). The maximum Gasteiger partial charge on any atom is 0.306 e. The first-order valence-corrected chi connectivity index (χ1v) is 7.57. The van der Waals surface area contributed by atoms with Gasteiger partial charge in [0.15, 0.2) is 0 Å². The summed E-state index contributed by atoms with van der Waals surface area (Å²) in [4.78, 5) is 8.49. The van der Waals surface area contributed by atoms with E-state index in [0.29, 0.717) is 18.9 Å². The fraction of sp³-hybridized carbons (Fsp3) is 0.455. The summed E-state index contributed by atoms with van der Waals surface area (Å²) < 4.78 is 53.0. The van der Waals surface area contributed by atoms with Crippen molar-refractivity contribution in [3.05, 3.63) is 33.9 Å². The SMILES string of the molecule is CCCC(CN)NS(=O)(=O)c1cc([N+](=O)[O-])c(F)cc1F. The molecule has 7 nitrogen and oxygen atoms in total. The first kappa shape index (κ1) is 17.4.